The molecule has 2 atom stereocenters. The average molecular weight is 330 g/mol. The van der Waals surface area contributed by atoms with Crippen LogP contribution in [-0.4, -0.2) is 42.6 Å². The fourth-order valence-electron chi connectivity index (χ4n) is 2.78. The third-order valence-corrected chi connectivity index (χ3v) is 3.98. The van der Waals surface area contributed by atoms with Crippen LogP contribution < -0.4 is 4.74 Å². The topological polar surface area (TPSA) is 79.6 Å². The lowest BCUT2D eigenvalue weighted by molar-refractivity contribution is -0.152. The number of likely N-dealkylation sites (tertiary alicyclic amines) is 1. The van der Waals surface area contributed by atoms with Crippen LogP contribution in [0.5, 0.6) is 5.75 Å². The van der Waals surface area contributed by atoms with Crippen molar-refractivity contribution >= 4 is 11.9 Å². The van der Waals surface area contributed by atoms with Crippen molar-refractivity contribution in [3.63, 3.8) is 0 Å². The van der Waals surface area contributed by atoms with Crippen molar-refractivity contribution in [2.75, 3.05) is 19.7 Å². The lowest BCUT2D eigenvalue weighted by atomic mass is 9.98. The number of piperidine rings is 1. The molecule has 2 rings (SSSR count). The normalized spacial score (nSPS) is 18.4. The second-order valence-corrected chi connectivity index (χ2v) is 5.78. The quantitative estimate of drug-likeness (QED) is 0.773. The van der Waals surface area contributed by atoms with E-state index in [9.17, 15) is 9.59 Å². The molecule has 0 aromatic heterocycles. The molecule has 0 saturated carbocycles. The van der Waals surface area contributed by atoms with E-state index in [4.69, 9.17) is 14.7 Å². The van der Waals surface area contributed by atoms with Crippen molar-refractivity contribution < 1.29 is 19.1 Å². The number of amides is 1. The minimum atomic E-state index is -0.681. The molecule has 0 bridgehead atoms. The molecule has 1 saturated heterocycles. The van der Waals surface area contributed by atoms with Gasteiger partial charge in [-0.05, 0) is 44.9 Å². The fraction of sp³-hybridized carbons (Fsp3) is 0.500. The molecule has 128 valence electrons. The minimum Gasteiger partial charge on any atom is -0.481 e. The molecule has 1 aliphatic heterocycles. The molecule has 1 aromatic rings. The highest BCUT2D eigenvalue weighted by Gasteiger charge is 2.31. The summed E-state index contributed by atoms with van der Waals surface area (Å²) >= 11 is 0. The monoisotopic (exact) mass is 330 g/mol. The average Bonchev–Trinajstić information content (AvgIpc) is 2.61. The summed E-state index contributed by atoms with van der Waals surface area (Å²) in [4.78, 5) is 26.1. The standard InChI is InChI=1S/C18H22N2O4/c1-3-23-18(22)15-7-5-9-20(12-15)17(21)13(2)24-16-8-4-6-14(10-16)11-19/h4,6,8,10,13,15H,3,5,7,9,12H2,1-2H3. The van der Waals surface area contributed by atoms with Crippen LogP contribution in [0, 0.1) is 17.2 Å². The summed E-state index contributed by atoms with van der Waals surface area (Å²) in [6, 6.07) is 8.73. The Balaban J connectivity index is 1.96. The molecule has 0 aliphatic carbocycles. The Hall–Kier alpha value is -2.55. The Bertz CT molecular complexity index is 638. The van der Waals surface area contributed by atoms with E-state index in [1.807, 2.05) is 6.07 Å². The largest absolute Gasteiger partial charge is 0.481 e. The molecule has 1 aliphatic rings. The van der Waals surface area contributed by atoms with Crippen molar-refractivity contribution in [3.05, 3.63) is 29.8 Å². The van der Waals surface area contributed by atoms with E-state index in [0.29, 0.717) is 31.0 Å². The molecule has 2 unspecified atom stereocenters. The van der Waals surface area contributed by atoms with Gasteiger partial charge in [-0.1, -0.05) is 6.07 Å². The molecule has 0 radical (unpaired) electrons. The first-order valence-corrected chi connectivity index (χ1v) is 8.17. The van der Waals surface area contributed by atoms with Crippen LogP contribution >= 0.6 is 0 Å². The highest BCUT2D eigenvalue weighted by atomic mass is 16.5. The zero-order valence-corrected chi connectivity index (χ0v) is 14.0. The number of ether oxygens (including phenoxy) is 2. The van der Waals surface area contributed by atoms with Crippen molar-refractivity contribution in [2.45, 2.75) is 32.8 Å². The number of carbonyl (C=O) groups excluding carboxylic acids is 2. The van der Waals surface area contributed by atoms with Crippen molar-refractivity contribution in [2.24, 2.45) is 5.92 Å². The zero-order chi connectivity index (χ0) is 17.5. The summed E-state index contributed by atoms with van der Waals surface area (Å²) < 4.78 is 10.7. The van der Waals surface area contributed by atoms with Gasteiger partial charge in [0.05, 0.1) is 24.2 Å². The van der Waals surface area contributed by atoms with E-state index >= 15 is 0 Å². The summed E-state index contributed by atoms with van der Waals surface area (Å²) in [6.45, 7) is 4.77. The lowest BCUT2D eigenvalue weighted by Crippen LogP contribution is -2.47. The fourth-order valence-corrected chi connectivity index (χ4v) is 2.78. The van der Waals surface area contributed by atoms with Crippen LogP contribution in [0.3, 0.4) is 0 Å². The van der Waals surface area contributed by atoms with Gasteiger partial charge in [-0.15, -0.1) is 0 Å². The van der Waals surface area contributed by atoms with Crippen LogP contribution in [-0.2, 0) is 14.3 Å². The number of esters is 1. The van der Waals surface area contributed by atoms with E-state index in [1.165, 1.54) is 0 Å². The van der Waals surface area contributed by atoms with Crippen molar-refractivity contribution in [3.8, 4) is 11.8 Å². The highest BCUT2D eigenvalue weighted by Crippen LogP contribution is 2.20. The van der Waals surface area contributed by atoms with Crippen LogP contribution in [0.1, 0.15) is 32.3 Å². The number of hydrogen-bond donors (Lipinski definition) is 0. The van der Waals surface area contributed by atoms with Gasteiger partial charge < -0.3 is 14.4 Å². The number of nitrogens with zero attached hydrogens (tertiary/aromatic N) is 2. The Kier molecular flexibility index (Phi) is 6.19. The molecular formula is C18H22N2O4. The second-order valence-electron chi connectivity index (χ2n) is 5.78. The summed E-state index contributed by atoms with van der Waals surface area (Å²) in [5.74, 6) is -0.192. The van der Waals surface area contributed by atoms with E-state index in [-0.39, 0.29) is 17.8 Å². The number of benzene rings is 1. The van der Waals surface area contributed by atoms with Gasteiger partial charge in [-0.25, -0.2) is 0 Å². The minimum absolute atomic E-state index is 0.161. The summed E-state index contributed by atoms with van der Waals surface area (Å²) in [7, 11) is 0. The number of hydrogen-bond acceptors (Lipinski definition) is 5. The van der Waals surface area contributed by atoms with Gasteiger partial charge in [-0.2, -0.15) is 5.26 Å². The SMILES string of the molecule is CCOC(=O)C1CCCN(C(=O)C(C)Oc2cccc(C#N)c2)C1. The molecule has 1 amide bonds. The van der Waals surface area contributed by atoms with Crippen LogP contribution in [0.25, 0.3) is 0 Å². The molecule has 1 heterocycles. The third kappa shape index (κ3) is 4.48. The summed E-state index contributed by atoms with van der Waals surface area (Å²) in [6.07, 6.45) is 0.827. The Morgan fingerprint density at radius 2 is 2.25 bits per heavy atom. The highest BCUT2D eigenvalue weighted by molar-refractivity contribution is 5.82. The van der Waals surface area contributed by atoms with Gasteiger partial charge in [0.2, 0.25) is 0 Å². The molecular weight excluding hydrogens is 308 g/mol. The van der Waals surface area contributed by atoms with E-state index in [1.54, 1.807) is 43.0 Å². The molecule has 6 nitrogen and oxygen atoms in total. The van der Waals surface area contributed by atoms with E-state index in [0.717, 1.165) is 12.8 Å². The molecule has 1 aromatic carbocycles. The Labute approximate surface area is 142 Å². The maximum absolute atomic E-state index is 12.6. The molecule has 0 N–H and O–H groups in total. The van der Waals surface area contributed by atoms with Gasteiger partial charge in [0.1, 0.15) is 5.75 Å². The molecule has 24 heavy (non-hydrogen) atoms. The number of nitriles is 1. The maximum Gasteiger partial charge on any atom is 0.310 e. The van der Waals surface area contributed by atoms with E-state index in [2.05, 4.69) is 0 Å². The lowest BCUT2D eigenvalue weighted by Gasteiger charge is -2.33. The number of rotatable bonds is 5. The van der Waals surface area contributed by atoms with Gasteiger partial charge in [-0.3, -0.25) is 9.59 Å². The molecule has 1 fully saturated rings. The van der Waals surface area contributed by atoms with E-state index < -0.39 is 6.10 Å². The van der Waals surface area contributed by atoms with Gasteiger partial charge >= 0.3 is 5.97 Å². The second kappa shape index (κ2) is 8.34. The summed E-state index contributed by atoms with van der Waals surface area (Å²) in [5, 5.41) is 8.91. The Morgan fingerprint density at radius 1 is 1.46 bits per heavy atom. The Morgan fingerprint density at radius 3 is 2.96 bits per heavy atom. The van der Waals surface area contributed by atoms with Gasteiger partial charge in [0.15, 0.2) is 6.10 Å². The van der Waals surface area contributed by atoms with Crippen LogP contribution in [0.2, 0.25) is 0 Å². The number of carbonyl (C=O) groups is 2. The van der Waals surface area contributed by atoms with Crippen LogP contribution in [0.15, 0.2) is 24.3 Å². The first-order chi connectivity index (χ1) is 11.5. The third-order valence-electron chi connectivity index (χ3n) is 3.98. The van der Waals surface area contributed by atoms with Gasteiger partial charge in [0.25, 0.3) is 5.91 Å². The zero-order valence-electron chi connectivity index (χ0n) is 14.0. The van der Waals surface area contributed by atoms with Crippen LogP contribution in [0.4, 0.5) is 0 Å². The maximum atomic E-state index is 12.6. The molecule has 0 spiro atoms. The first kappa shape index (κ1) is 17.8. The summed E-state index contributed by atoms with van der Waals surface area (Å²) in [5.41, 5.74) is 0.479. The van der Waals surface area contributed by atoms with Gasteiger partial charge in [0, 0.05) is 13.1 Å². The predicted octanol–water partition coefficient (Wildman–Crippen LogP) is 2.13. The molecule has 6 heteroatoms. The van der Waals surface area contributed by atoms with Crippen molar-refractivity contribution in [1.29, 1.82) is 5.26 Å². The predicted molar refractivity (Wildman–Crippen MR) is 87.2 cm³/mol. The van der Waals surface area contributed by atoms with Crippen molar-refractivity contribution in [1.82, 2.24) is 4.90 Å². The smallest absolute Gasteiger partial charge is 0.310 e. The first-order valence-electron chi connectivity index (χ1n) is 8.17.